The third kappa shape index (κ3) is 3.30. The van der Waals surface area contributed by atoms with Gasteiger partial charge in [0.2, 0.25) is 5.91 Å². The quantitative estimate of drug-likeness (QED) is 0.789. The average Bonchev–Trinajstić information content (AvgIpc) is 2.35. The number of hydrogen-bond donors (Lipinski definition) is 2. The minimum Gasteiger partial charge on any atom is -0.486 e. The fourth-order valence-corrected chi connectivity index (χ4v) is 2.16. The lowest BCUT2D eigenvalue weighted by Gasteiger charge is -2.18. The van der Waals surface area contributed by atoms with Gasteiger partial charge >= 0.3 is 6.03 Å². The van der Waals surface area contributed by atoms with E-state index in [1.807, 2.05) is 11.4 Å². The molecule has 1 heterocycles. The van der Waals surface area contributed by atoms with Gasteiger partial charge in [0, 0.05) is 4.90 Å². The van der Waals surface area contributed by atoms with Crippen molar-refractivity contribution < 1.29 is 19.1 Å². The second-order valence-corrected chi connectivity index (χ2v) is 4.56. The van der Waals surface area contributed by atoms with Gasteiger partial charge in [-0.15, -0.1) is 11.8 Å². The first-order chi connectivity index (χ1) is 8.65. The van der Waals surface area contributed by atoms with Crippen LogP contribution in [-0.2, 0) is 4.79 Å². The topological polar surface area (TPSA) is 90.7 Å². The number of urea groups is 1. The number of primary amides is 1. The van der Waals surface area contributed by atoms with Gasteiger partial charge < -0.3 is 15.2 Å². The lowest BCUT2D eigenvalue weighted by Crippen LogP contribution is -2.36. The molecule has 6 nitrogen and oxygen atoms in total. The standard InChI is InChI=1S/C11H12N2O4S/c12-11(15)13-10(14)6-18-7-1-2-8-9(5-7)17-4-3-16-8/h1-2,5H,3-4,6H2,(H3,12,13,14,15). The Kier molecular flexibility index (Phi) is 3.93. The third-order valence-corrected chi connectivity index (χ3v) is 3.14. The van der Waals surface area contributed by atoms with Crippen LogP contribution in [0.2, 0.25) is 0 Å². The molecule has 0 aliphatic carbocycles. The maximum absolute atomic E-state index is 11.2. The Morgan fingerprint density at radius 2 is 2.00 bits per heavy atom. The van der Waals surface area contributed by atoms with Crippen LogP contribution >= 0.6 is 11.8 Å². The first-order valence-corrected chi connectivity index (χ1v) is 6.25. The zero-order chi connectivity index (χ0) is 13.0. The predicted octanol–water partition coefficient (Wildman–Crippen LogP) is 0.745. The molecule has 0 bridgehead atoms. The Morgan fingerprint density at radius 1 is 1.28 bits per heavy atom. The fraction of sp³-hybridized carbons (Fsp3) is 0.273. The molecule has 96 valence electrons. The van der Waals surface area contributed by atoms with E-state index in [0.29, 0.717) is 24.7 Å². The molecule has 1 aliphatic rings. The molecule has 0 unspecified atom stereocenters. The molecular weight excluding hydrogens is 256 g/mol. The van der Waals surface area contributed by atoms with Crippen molar-refractivity contribution >= 4 is 23.7 Å². The lowest BCUT2D eigenvalue weighted by atomic mass is 10.3. The van der Waals surface area contributed by atoms with E-state index in [2.05, 4.69) is 0 Å². The number of hydrogen-bond acceptors (Lipinski definition) is 5. The number of carbonyl (C=O) groups excluding carboxylic acids is 2. The Labute approximate surface area is 108 Å². The van der Waals surface area contributed by atoms with E-state index >= 15 is 0 Å². The van der Waals surface area contributed by atoms with E-state index in [-0.39, 0.29) is 5.75 Å². The predicted molar refractivity (Wildman–Crippen MR) is 65.9 cm³/mol. The van der Waals surface area contributed by atoms with Crippen molar-refractivity contribution in [2.75, 3.05) is 19.0 Å². The van der Waals surface area contributed by atoms with Crippen LogP contribution in [0.1, 0.15) is 0 Å². The van der Waals surface area contributed by atoms with Crippen LogP contribution in [0.5, 0.6) is 11.5 Å². The summed E-state index contributed by atoms with van der Waals surface area (Å²) in [5.41, 5.74) is 4.84. The van der Waals surface area contributed by atoms with Gasteiger partial charge in [0.25, 0.3) is 0 Å². The van der Waals surface area contributed by atoms with Gasteiger partial charge in [-0.3, -0.25) is 10.1 Å². The second kappa shape index (κ2) is 5.63. The van der Waals surface area contributed by atoms with Gasteiger partial charge in [0.15, 0.2) is 11.5 Å². The first kappa shape index (κ1) is 12.6. The van der Waals surface area contributed by atoms with Crippen molar-refractivity contribution in [1.82, 2.24) is 5.32 Å². The molecule has 0 radical (unpaired) electrons. The number of carbonyl (C=O) groups is 2. The van der Waals surface area contributed by atoms with Crippen LogP contribution in [0.3, 0.4) is 0 Å². The summed E-state index contributed by atoms with van der Waals surface area (Å²) in [6.07, 6.45) is 0. The monoisotopic (exact) mass is 268 g/mol. The van der Waals surface area contributed by atoms with Crippen LogP contribution in [0.15, 0.2) is 23.1 Å². The van der Waals surface area contributed by atoms with Gasteiger partial charge in [-0.25, -0.2) is 4.79 Å². The summed E-state index contributed by atoms with van der Waals surface area (Å²) in [5, 5.41) is 2.00. The third-order valence-electron chi connectivity index (χ3n) is 2.15. The van der Waals surface area contributed by atoms with Gasteiger partial charge in [-0.1, -0.05) is 0 Å². The highest BCUT2D eigenvalue weighted by molar-refractivity contribution is 8.00. The van der Waals surface area contributed by atoms with E-state index in [1.54, 1.807) is 12.1 Å². The molecule has 3 amide bonds. The first-order valence-electron chi connectivity index (χ1n) is 5.27. The van der Waals surface area contributed by atoms with Crippen LogP contribution in [0, 0.1) is 0 Å². The Balaban J connectivity index is 1.94. The minimum absolute atomic E-state index is 0.114. The molecule has 0 fully saturated rings. The van der Waals surface area contributed by atoms with E-state index in [1.165, 1.54) is 11.8 Å². The molecule has 1 aliphatic heterocycles. The number of amides is 3. The van der Waals surface area contributed by atoms with Gasteiger partial charge in [-0.05, 0) is 18.2 Å². The lowest BCUT2D eigenvalue weighted by molar-refractivity contribution is -0.117. The van der Waals surface area contributed by atoms with Gasteiger partial charge in [0.05, 0.1) is 5.75 Å². The van der Waals surface area contributed by atoms with Gasteiger partial charge in [0.1, 0.15) is 13.2 Å². The summed E-state index contributed by atoms with van der Waals surface area (Å²) >= 11 is 1.29. The Morgan fingerprint density at radius 3 is 2.72 bits per heavy atom. The van der Waals surface area contributed by atoms with Crippen LogP contribution in [0.25, 0.3) is 0 Å². The molecular formula is C11H12N2O4S. The number of thioether (sulfide) groups is 1. The number of benzene rings is 1. The summed E-state index contributed by atoms with van der Waals surface area (Å²) in [6.45, 7) is 1.06. The van der Waals surface area contributed by atoms with Crippen LogP contribution in [-0.4, -0.2) is 30.9 Å². The molecule has 0 aromatic heterocycles. The van der Waals surface area contributed by atoms with Crippen molar-refractivity contribution in [3.8, 4) is 11.5 Å². The van der Waals surface area contributed by atoms with Crippen molar-refractivity contribution in [3.63, 3.8) is 0 Å². The summed E-state index contributed by atoms with van der Waals surface area (Å²) in [5.74, 6) is 1.05. The molecule has 0 atom stereocenters. The molecule has 0 spiro atoms. The SMILES string of the molecule is NC(=O)NC(=O)CSc1ccc2c(c1)OCCO2. The molecule has 18 heavy (non-hydrogen) atoms. The van der Waals surface area contributed by atoms with Crippen molar-refractivity contribution in [2.24, 2.45) is 5.73 Å². The van der Waals surface area contributed by atoms with E-state index in [9.17, 15) is 9.59 Å². The van der Waals surface area contributed by atoms with E-state index in [0.717, 1.165) is 4.90 Å². The highest BCUT2D eigenvalue weighted by atomic mass is 32.2. The van der Waals surface area contributed by atoms with Gasteiger partial charge in [-0.2, -0.15) is 0 Å². The zero-order valence-corrected chi connectivity index (χ0v) is 10.3. The molecule has 1 aromatic rings. The maximum Gasteiger partial charge on any atom is 0.318 e. The molecule has 0 saturated heterocycles. The molecule has 1 aromatic carbocycles. The maximum atomic E-state index is 11.2. The Hall–Kier alpha value is -1.89. The minimum atomic E-state index is -0.845. The van der Waals surface area contributed by atoms with Crippen molar-refractivity contribution in [1.29, 1.82) is 0 Å². The number of rotatable bonds is 3. The zero-order valence-electron chi connectivity index (χ0n) is 9.47. The van der Waals surface area contributed by atoms with E-state index < -0.39 is 11.9 Å². The van der Waals surface area contributed by atoms with Crippen molar-refractivity contribution in [3.05, 3.63) is 18.2 Å². The average molecular weight is 268 g/mol. The Bertz CT molecular complexity index is 478. The summed E-state index contributed by atoms with van der Waals surface area (Å²) in [7, 11) is 0. The van der Waals surface area contributed by atoms with Crippen molar-refractivity contribution in [2.45, 2.75) is 4.90 Å². The van der Waals surface area contributed by atoms with Crippen LogP contribution < -0.4 is 20.5 Å². The highest BCUT2D eigenvalue weighted by Gasteiger charge is 2.12. The number of nitrogens with two attached hydrogens (primary N) is 1. The summed E-state index contributed by atoms with van der Waals surface area (Å²) in [4.78, 5) is 22.5. The largest absolute Gasteiger partial charge is 0.486 e. The number of fused-ring (bicyclic) bond motifs is 1. The summed E-state index contributed by atoms with van der Waals surface area (Å²) in [6, 6.07) is 4.58. The number of ether oxygens (including phenoxy) is 2. The smallest absolute Gasteiger partial charge is 0.318 e. The second-order valence-electron chi connectivity index (χ2n) is 3.51. The van der Waals surface area contributed by atoms with Crippen LogP contribution in [0.4, 0.5) is 4.79 Å². The molecule has 2 rings (SSSR count). The molecule has 0 saturated carbocycles. The normalized spacial score (nSPS) is 12.9. The molecule has 7 heteroatoms. The summed E-state index contributed by atoms with van der Waals surface area (Å²) < 4.78 is 10.8. The highest BCUT2D eigenvalue weighted by Crippen LogP contribution is 2.33. The van der Waals surface area contributed by atoms with E-state index in [4.69, 9.17) is 15.2 Å². The number of nitrogens with one attached hydrogen (secondary N) is 1. The molecule has 3 N–H and O–H groups in total. The fourth-order valence-electron chi connectivity index (χ4n) is 1.44. The number of imide groups is 1.